The van der Waals surface area contributed by atoms with Gasteiger partial charge in [0, 0.05) is 12.8 Å². The molecule has 0 aliphatic rings. The van der Waals surface area contributed by atoms with Crippen LogP contribution >= 0.6 is 7.82 Å². The Labute approximate surface area is 551 Å². The maximum absolute atomic E-state index is 13.6. The van der Waals surface area contributed by atoms with Crippen LogP contribution in [0, 0.1) is 0 Å². The number of esters is 1. The number of unbranched alkanes of at least 4 members (excludes halogenated alkanes) is 35. The summed E-state index contributed by atoms with van der Waals surface area (Å²) in [5, 5.41) is 3.05. The number of carbonyl (C=O) groups excluding carboxylic acids is 2. The fourth-order valence-corrected chi connectivity index (χ4v) is 11.2. The van der Waals surface area contributed by atoms with Crippen LogP contribution in [0.4, 0.5) is 0 Å². The quantitative estimate of drug-likeness (QED) is 0.0212. The van der Waals surface area contributed by atoms with E-state index in [4.69, 9.17) is 13.8 Å². The smallest absolute Gasteiger partial charge is 0.306 e. The minimum absolute atomic E-state index is 0.0274. The first-order valence-corrected chi connectivity index (χ1v) is 38.7. The Morgan fingerprint density at radius 1 is 0.404 bits per heavy atom. The van der Waals surface area contributed by atoms with Crippen molar-refractivity contribution in [1.29, 1.82) is 0 Å². The van der Waals surface area contributed by atoms with Gasteiger partial charge in [-0.05, 0) is 115 Å². The van der Waals surface area contributed by atoms with Gasteiger partial charge in [-0.1, -0.05) is 310 Å². The molecule has 0 aromatic rings. The molecule has 3 unspecified atom stereocenters. The number of quaternary nitrogens is 1. The molecular weight excluding hydrogens is 1120 g/mol. The Kier molecular flexibility index (Phi) is 65.0. The van der Waals surface area contributed by atoms with Crippen molar-refractivity contribution in [2.75, 3.05) is 40.9 Å². The number of hydrogen-bond acceptors (Lipinski definition) is 7. The van der Waals surface area contributed by atoms with Crippen LogP contribution in [-0.2, 0) is 27.9 Å². The minimum atomic E-state index is -4.72. The lowest BCUT2D eigenvalue weighted by Crippen LogP contribution is -2.47. The zero-order valence-electron chi connectivity index (χ0n) is 58.9. The van der Waals surface area contributed by atoms with Crippen LogP contribution in [0.3, 0.4) is 0 Å². The van der Waals surface area contributed by atoms with Gasteiger partial charge in [0.15, 0.2) is 0 Å². The van der Waals surface area contributed by atoms with Crippen LogP contribution in [0.1, 0.15) is 329 Å². The summed E-state index contributed by atoms with van der Waals surface area (Å²) in [4.78, 5) is 40.3. The molecule has 0 fully saturated rings. The lowest BCUT2D eigenvalue weighted by Gasteiger charge is -2.30. The second-order valence-electron chi connectivity index (χ2n) is 26.1. The third kappa shape index (κ3) is 68.9. The molecule has 89 heavy (non-hydrogen) atoms. The second-order valence-corrected chi connectivity index (χ2v) is 27.5. The Balaban J connectivity index is 5.07. The van der Waals surface area contributed by atoms with Crippen LogP contribution < -0.4 is 10.2 Å². The number of phosphoric ester groups is 1. The fourth-order valence-electron chi connectivity index (χ4n) is 10.5. The van der Waals surface area contributed by atoms with Gasteiger partial charge < -0.3 is 28.5 Å². The number of nitrogens with zero attached hydrogens (tertiary/aromatic N) is 1. The van der Waals surface area contributed by atoms with Crippen molar-refractivity contribution in [3.63, 3.8) is 0 Å². The highest BCUT2D eigenvalue weighted by Crippen LogP contribution is 2.38. The highest BCUT2D eigenvalue weighted by atomic mass is 31.2. The van der Waals surface area contributed by atoms with Crippen LogP contribution in [0.2, 0.25) is 0 Å². The lowest BCUT2D eigenvalue weighted by molar-refractivity contribution is -0.870. The number of rotatable bonds is 67. The maximum atomic E-state index is 13.6. The van der Waals surface area contributed by atoms with E-state index in [2.05, 4.69) is 123 Å². The standard InChI is InChI=1S/C79H141N2O7P/c1-7-10-13-16-19-22-25-28-30-32-34-36-38-39-40-41-43-44-46-48-50-53-56-59-62-65-68-71-78(82)80-76(75-87-89(84,85)86-74-73-81(4,5)6)77(70-67-64-61-58-55-52-27-24-21-18-15-12-9-3)88-79(83)72-69-66-63-60-57-54-51-49-47-45-42-37-35-33-31-29-26-23-20-17-14-11-8-2/h10,13,19-20,22-23,28-31,34-37,39-40,67,70,76-77H,7-9,11-12,14-18,21,24-27,32-33,38,41-66,68-69,71-75H2,1-6H3,(H-,80,82,84,85)/b13-10-,22-19-,23-20-,30-28-,31-29-,36-34-,37-35-,40-39-,70-67-. The van der Waals surface area contributed by atoms with Crippen molar-refractivity contribution in [2.45, 2.75) is 341 Å². The lowest BCUT2D eigenvalue weighted by atomic mass is 10.0. The summed E-state index contributed by atoms with van der Waals surface area (Å²) >= 11 is 0. The van der Waals surface area contributed by atoms with Gasteiger partial charge in [0.2, 0.25) is 5.91 Å². The van der Waals surface area contributed by atoms with Crippen molar-refractivity contribution in [3.05, 3.63) is 109 Å². The highest BCUT2D eigenvalue weighted by Gasteiger charge is 2.27. The van der Waals surface area contributed by atoms with Gasteiger partial charge in [-0.15, -0.1) is 0 Å². The van der Waals surface area contributed by atoms with Crippen LogP contribution in [0.15, 0.2) is 109 Å². The van der Waals surface area contributed by atoms with Gasteiger partial charge in [-0.2, -0.15) is 0 Å². The molecule has 0 rings (SSSR count). The average molecular weight is 1260 g/mol. The zero-order valence-corrected chi connectivity index (χ0v) is 59.8. The van der Waals surface area contributed by atoms with E-state index < -0.39 is 26.6 Å². The third-order valence-corrected chi connectivity index (χ3v) is 17.2. The second kappa shape index (κ2) is 67.6. The summed E-state index contributed by atoms with van der Waals surface area (Å²) in [6, 6.07) is -0.899. The number of amides is 1. The third-order valence-electron chi connectivity index (χ3n) is 16.2. The summed E-state index contributed by atoms with van der Waals surface area (Å²) < 4.78 is 30.5. The Hall–Kier alpha value is -3.33. The number of likely N-dealkylation sites (N-methyl/N-ethyl adjacent to an activating group) is 1. The molecule has 0 saturated heterocycles. The molecule has 0 radical (unpaired) electrons. The molecule has 1 N–H and O–H groups in total. The van der Waals surface area contributed by atoms with Crippen molar-refractivity contribution >= 4 is 19.7 Å². The molecule has 0 aliphatic carbocycles. The predicted octanol–water partition coefficient (Wildman–Crippen LogP) is 23.4. The molecule has 0 heterocycles. The van der Waals surface area contributed by atoms with E-state index in [1.165, 1.54) is 167 Å². The van der Waals surface area contributed by atoms with E-state index in [9.17, 15) is 19.0 Å². The van der Waals surface area contributed by atoms with Crippen molar-refractivity contribution < 1.29 is 37.3 Å². The fraction of sp³-hybridized carbons (Fsp3) is 0.747. The van der Waals surface area contributed by atoms with E-state index in [1.807, 2.05) is 33.3 Å². The van der Waals surface area contributed by atoms with Crippen molar-refractivity contribution in [2.24, 2.45) is 0 Å². The van der Waals surface area contributed by atoms with E-state index in [0.29, 0.717) is 17.4 Å². The predicted molar refractivity (Wildman–Crippen MR) is 385 cm³/mol. The van der Waals surface area contributed by atoms with Crippen LogP contribution in [-0.4, -0.2) is 69.4 Å². The topological polar surface area (TPSA) is 114 Å². The number of nitrogens with one attached hydrogen (secondary N) is 1. The summed E-state index contributed by atoms with van der Waals surface area (Å²) in [7, 11) is 1.18. The average Bonchev–Trinajstić information content (AvgIpc) is 3.65. The van der Waals surface area contributed by atoms with Gasteiger partial charge in [0.25, 0.3) is 7.82 Å². The van der Waals surface area contributed by atoms with Crippen molar-refractivity contribution in [1.82, 2.24) is 5.32 Å². The SMILES string of the molecule is CC/C=C\C/C=C\C/C=C\C/C=C\C/C=C\CCCCCCCCCCCCCC(=O)NC(COP(=O)([O-])OCC[N+](C)(C)C)C(/C=C\CCCCCCCCCCCCC)OC(=O)CCCCCCCCCCCC/C=C\C/C=C\C/C=C\CCCCC. The normalized spacial score (nSPS) is 14.1. The van der Waals surface area contributed by atoms with E-state index >= 15 is 0 Å². The first-order valence-electron chi connectivity index (χ1n) is 37.2. The van der Waals surface area contributed by atoms with Gasteiger partial charge in [0.05, 0.1) is 33.8 Å². The molecule has 9 nitrogen and oxygen atoms in total. The van der Waals surface area contributed by atoms with E-state index in [-0.39, 0.29) is 24.9 Å². The molecule has 10 heteroatoms. The van der Waals surface area contributed by atoms with Gasteiger partial charge in [-0.3, -0.25) is 14.2 Å². The first-order chi connectivity index (χ1) is 43.4. The summed E-state index contributed by atoms with van der Waals surface area (Å²) in [6.07, 6.45) is 93.5. The molecule has 0 saturated carbocycles. The largest absolute Gasteiger partial charge is 0.756 e. The molecule has 1 amide bonds. The number of phosphoric acid groups is 1. The van der Waals surface area contributed by atoms with E-state index in [1.54, 1.807) is 0 Å². The Morgan fingerprint density at radius 3 is 1.10 bits per heavy atom. The molecule has 0 bridgehead atoms. The first kappa shape index (κ1) is 85.7. The number of carbonyl (C=O) groups is 2. The maximum Gasteiger partial charge on any atom is 0.306 e. The number of ether oxygens (including phenoxy) is 1. The van der Waals surface area contributed by atoms with Gasteiger partial charge in [-0.25, -0.2) is 0 Å². The molecule has 3 atom stereocenters. The summed E-state index contributed by atoms with van der Waals surface area (Å²) in [5.74, 6) is -0.544. The molecule has 0 aromatic carbocycles. The summed E-state index contributed by atoms with van der Waals surface area (Å²) in [6.45, 7) is 6.73. The van der Waals surface area contributed by atoms with Gasteiger partial charge >= 0.3 is 5.97 Å². The molecule has 0 aliphatic heterocycles. The van der Waals surface area contributed by atoms with Crippen molar-refractivity contribution in [3.8, 4) is 0 Å². The number of hydrogen-bond donors (Lipinski definition) is 1. The number of allylic oxidation sites excluding steroid dienone is 17. The minimum Gasteiger partial charge on any atom is -0.756 e. The van der Waals surface area contributed by atoms with Crippen LogP contribution in [0.5, 0.6) is 0 Å². The van der Waals surface area contributed by atoms with Crippen LogP contribution in [0.25, 0.3) is 0 Å². The zero-order chi connectivity index (χ0) is 64.9. The molecular formula is C79H141N2O7P. The molecule has 0 aromatic heterocycles. The van der Waals surface area contributed by atoms with Gasteiger partial charge in [0.1, 0.15) is 19.3 Å². The summed E-state index contributed by atoms with van der Waals surface area (Å²) in [5.41, 5.74) is 0. The molecule has 514 valence electrons. The highest BCUT2D eigenvalue weighted by molar-refractivity contribution is 7.45. The Bertz CT molecular complexity index is 1890. The van der Waals surface area contributed by atoms with E-state index in [0.717, 1.165) is 128 Å². The monoisotopic (exact) mass is 1260 g/mol. The Morgan fingerprint density at radius 2 is 0.719 bits per heavy atom. The molecule has 0 spiro atoms.